The van der Waals surface area contributed by atoms with Crippen LogP contribution >= 0.6 is 0 Å². The Hall–Kier alpha value is -2.84. The van der Waals surface area contributed by atoms with Gasteiger partial charge >= 0.3 is 0 Å². The van der Waals surface area contributed by atoms with Crippen molar-refractivity contribution in [1.29, 1.82) is 0 Å². The van der Waals surface area contributed by atoms with Gasteiger partial charge in [0, 0.05) is 56.5 Å². The van der Waals surface area contributed by atoms with Gasteiger partial charge in [0.1, 0.15) is 11.5 Å². The molecule has 1 aliphatic carbocycles. The number of hydrogen-bond donors (Lipinski definition) is 2. The molecule has 0 radical (unpaired) electrons. The number of nitrogens with one attached hydrogen (secondary N) is 2. The standard InChI is InChI=1S/C22H27N7O/c30-15-19-11-17-13-25-22(27-21(17)29(19)18-3-1-2-4-18)26-20-6-5-16(12-24-20)14-28-9-7-23-8-10-28/h5-6,11-13,15,18,23H,1-4,7-10,14H2,(H,24,25,26,27). The molecule has 8 nitrogen and oxygen atoms in total. The molecule has 0 spiro atoms. The summed E-state index contributed by atoms with van der Waals surface area (Å²) in [6, 6.07) is 6.29. The maximum absolute atomic E-state index is 11.6. The molecule has 4 heterocycles. The van der Waals surface area contributed by atoms with Crippen LogP contribution < -0.4 is 10.6 Å². The summed E-state index contributed by atoms with van der Waals surface area (Å²) in [6.07, 6.45) is 9.19. The predicted octanol–water partition coefficient (Wildman–Crippen LogP) is 2.90. The first-order valence-electron chi connectivity index (χ1n) is 10.8. The van der Waals surface area contributed by atoms with Crippen molar-refractivity contribution in [1.82, 2.24) is 29.7 Å². The van der Waals surface area contributed by atoms with Crippen LogP contribution in [0.1, 0.15) is 47.8 Å². The average Bonchev–Trinajstić information content (AvgIpc) is 3.43. The predicted molar refractivity (Wildman–Crippen MR) is 116 cm³/mol. The normalized spacial score (nSPS) is 18.1. The lowest BCUT2D eigenvalue weighted by Crippen LogP contribution is -2.42. The van der Waals surface area contributed by atoms with Crippen LogP contribution in [0.15, 0.2) is 30.6 Å². The molecule has 3 aromatic heterocycles. The van der Waals surface area contributed by atoms with Crippen LogP contribution in [0, 0.1) is 0 Å². The van der Waals surface area contributed by atoms with Crippen molar-refractivity contribution in [2.24, 2.45) is 0 Å². The zero-order chi connectivity index (χ0) is 20.3. The third-order valence-electron chi connectivity index (χ3n) is 6.10. The van der Waals surface area contributed by atoms with E-state index < -0.39 is 0 Å². The van der Waals surface area contributed by atoms with Gasteiger partial charge < -0.3 is 15.2 Å². The largest absolute Gasteiger partial charge is 0.320 e. The first-order chi connectivity index (χ1) is 14.8. The maximum atomic E-state index is 11.6. The van der Waals surface area contributed by atoms with E-state index in [1.54, 1.807) is 6.20 Å². The van der Waals surface area contributed by atoms with Crippen molar-refractivity contribution >= 4 is 29.1 Å². The van der Waals surface area contributed by atoms with Crippen LogP contribution in [0.3, 0.4) is 0 Å². The Kier molecular flexibility index (Phi) is 5.42. The van der Waals surface area contributed by atoms with Gasteiger partial charge in [-0.25, -0.2) is 9.97 Å². The smallest absolute Gasteiger partial charge is 0.230 e. The van der Waals surface area contributed by atoms with Gasteiger partial charge in [0.05, 0.1) is 5.69 Å². The summed E-state index contributed by atoms with van der Waals surface area (Å²) in [5.74, 6) is 1.22. The number of piperazine rings is 1. The third kappa shape index (κ3) is 3.93. The monoisotopic (exact) mass is 405 g/mol. The minimum atomic E-state index is 0.341. The fourth-order valence-electron chi connectivity index (χ4n) is 4.56. The number of aromatic nitrogens is 4. The van der Waals surface area contributed by atoms with Crippen molar-refractivity contribution < 1.29 is 4.79 Å². The molecule has 30 heavy (non-hydrogen) atoms. The Morgan fingerprint density at radius 2 is 1.97 bits per heavy atom. The first-order valence-corrected chi connectivity index (χ1v) is 10.8. The number of aldehydes is 1. The Bertz CT molecular complexity index is 1020. The molecule has 3 aromatic rings. The number of pyridine rings is 1. The van der Waals surface area contributed by atoms with Crippen molar-refractivity contribution in [3.05, 3.63) is 41.9 Å². The van der Waals surface area contributed by atoms with E-state index in [-0.39, 0.29) is 0 Å². The zero-order valence-electron chi connectivity index (χ0n) is 17.0. The first kappa shape index (κ1) is 19.1. The number of rotatable bonds is 6. The molecule has 2 fully saturated rings. The molecule has 1 saturated heterocycles. The van der Waals surface area contributed by atoms with Gasteiger partial charge in [-0.2, -0.15) is 4.98 Å². The van der Waals surface area contributed by atoms with Crippen LogP contribution in [0.4, 0.5) is 11.8 Å². The highest BCUT2D eigenvalue weighted by Gasteiger charge is 2.22. The highest BCUT2D eigenvalue weighted by molar-refractivity contribution is 5.87. The zero-order valence-corrected chi connectivity index (χ0v) is 17.0. The number of carbonyl (C=O) groups excluding carboxylic acids is 1. The van der Waals surface area contributed by atoms with Gasteiger partial charge in [-0.3, -0.25) is 9.69 Å². The van der Waals surface area contributed by atoms with E-state index in [4.69, 9.17) is 4.98 Å². The van der Waals surface area contributed by atoms with E-state index >= 15 is 0 Å². The summed E-state index contributed by atoms with van der Waals surface area (Å²) in [6.45, 7) is 5.14. The van der Waals surface area contributed by atoms with Crippen molar-refractivity contribution in [2.75, 3.05) is 31.5 Å². The summed E-state index contributed by atoms with van der Waals surface area (Å²) in [5, 5.41) is 7.48. The van der Waals surface area contributed by atoms with Crippen LogP contribution in [0.5, 0.6) is 0 Å². The molecule has 0 unspecified atom stereocenters. The quantitative estimate of drug-likeness (QED) is 0.610. The van der Waals surface area contributed by atoms with Crippen LogP contribution in [0.2, 0.25) is 0 Å². The second-order valence-corrected chi connectivity index (χ2v) is 8.17. The lowest BCUT2D eigenvalue weighted by Gasteiger charge is -2.27. The Balaban J connectivity index is 1.34. The molecule has 1 aliphatic heterocycles. The fraction of sp³-hybridized carbons (Fsp3) is 0.455. The van der Waals surface area contributed by atoms with E-state index in [0.717, 1.165) is 62.9 Å². The molecule has 5 rings (SSSR count). The van der Waals surface area contributed by atoms with Crippen LogP contribution in [0.25, 0.3) is 11.0 Å². The number of anilines is 2. The maximum Gasteiger partial charge on any atom is 0.230 e. The summed E-state index contributed by atoms with van der Waals surface area (Å²) < 4.78 is 2.09. The number of fused-ring (bicyclic) bond motifs is 1. The summed E-state index contributed by atoms with van der Waals surface area (Å²) in [7, 11) is 0. The molecule has 0 bridgehead atoms. The highest BCUT2D eigenvalue weighted by atomic mass is 16.1. The molecular formula is C22H27N7O. The molecule has 0 atom stereocenters. The highest BCUT2D eigenvalue weighted by Crippen LogP contribution is 2.34. The Labute approximate surface area is 175 Å². The van der Waals surface area contributed by atoms with Gasteiger partial charge in [-0.15, -0.1) is 0 Å². The van der Waals surface area contributed by atoms with Crippen LogP contribution in [-0.4, -0.2) is 56.9 Å². The topological polar surface area (TPSA) is 88.0 Å². The Morgan fingerprint density at radius 3 is 2.70 bits per heavy atom. The molecule has 2 N–H and O–H groups in total. The molecular weight excluding hydrogens is 378 g/mol. The molecule has 8 heteroatoms. The third-order valence-corrected chi connectivity index (χ3v) is 6.10. The minimum Gasteiger partial charge on any atom is -0.320 e. The van der Waals surface area contributed by atoms with Gasteiger partial charge in [-0.1, -0.05) is 18.9 Å². The lowest BCUT2D eigenvalue weighted by molar-refractivity contribution is 0.111. The summed E-state index contributed by atoms with van der Waals surface area (Å²) in [5.41, 5.74) is 2.69. The summed E-state index contributed by atoms with van der Waals surface area (Å²) in [4.78, 5) is 27.7. The molecule has 0 amide bonds. The van der Waals surface area contributed by atoms with E-state index in [2.05, 4.69) is 36.1 Å². The number of carbonyl (C=O) groups is 1. The van der Waals surface area contributed by atoms with Crippen molar-refractivity contribution in [3.63, 3.8) is 0 Å². The van der Waals surface area contributed by atoms with Crippen LogP contribution in [-0.2, 0) is 6.54 Å². The fourth-order valence-corrected chi connectivity index (χ4v) is 4.56. The van der Waals surface area contributed by atoms with Crippen molar-refractivity contribution in [3.8, 4) is 0 Å². The average molecular weight is 406 g/mol. The number of hydrogen-bond acceptors (Lipinski definition) is 7. The van der Waals surface area contributed by atoms with Gasteiger partial charge in [0.2, 0.25) is 5.95 Å². The van der Waals surface area contributed by atoms with Gasteiger partial charge in [0.25, 0.3) is 0 Å². The molecule has 0 aromatic carbocycles. The number of nitrogens with zero attached hydrogens (tertiary/aromatic N) is 5. The Morgan fingerprint density at radius 1 is 1.13 bits per heavy atom. The second-order valence-electron chi connectivity index (χ2n) is 8.17. The minimum absolute atomic E-state index is 0.341. The summed E-state index contributed by atoms with van der Waals surface area (Å²) >= 11 is 0. The SMILES string of the molecule is O=Cc1cc2cnc(Nc3ccc(CN4CCNCC4)cn3)nc2n1C1CCCC1. The van der Waals surface area contributed by atoms with E-state index in [1.807, 2.05) is 18.3 Å². The lowest BCUT2D eigenvalue weighted by atomic mass is 10.2. The van der Waals surface area contributed by atoms with E-state index in [0.29, 0.717) is 23.5 Å². The molecule has 1 saturated carbocycles. The van der Waals surface area contributed by atoms with Crippen molar-refractivity contribution in [2.45, 2.75) is 38.3 Å². The molecule has 2 aliphatic rings. The van der Waals surface area contributed by atoms with E-state index in [9.17, 15) is 4.79 Å². The van der Waals surface area contributed by atoms with E-state index in [1.165, 1.54) is 18.4 Å². The second kappa shape index (κ2) is 8.49. The van der Waals surface area contributed by atoms with Gasteiger partial charge in [0.15, 0.2) is 6.29 Å². The molecule has 156 valence electrons. The van der Waals surface area contributed by atoms with Gasteiger partial charge in [-0.05, 0) is 30.5 Å².